The Labute approximate surface area is 124 Å². The normalized spacial score (nSPS) is 11.6. The smallest absolute Gasteiger partial charge is 0.339 e. The molecule has 1 aromatic carbocycles. The van der Waals surface area contributed by atoms with Crippen molar-refractivity contribution in [3.63, 3.8) is 0 Å². The van der Waals surface area contributed by atoms with Gasteiger partial charge in [0.2, 0.25) is 0 Å². The molecular weight excluding hydrogens is 274 g/mol. The topological polar surface area (TPSA) is 84.9 Å². The maximum Gasteiger partial charge on any atom is 0.339 e. The van der Waals surface area contributed by atoms with E-state index in [4.69, 9.17) is 9.47 Å². The van der Waals surface area contributed by atoms with Gasteiger partial charge in [-0.15, -0.1) is 0 Å². The van der Waals surface area contributed by atoms with Crippen LogP contribution >= 0.6 is 0 Å². The highest BCUT2D eigenvalue weighted by molar-refractivity contribution is 5.92. The molecule has 1 unspecified atom stereocenters. The van der Waals surface area contributed by atoms with Crippen molar-refractivity contribution in [1.29, 1.82) is 0 Å². The van der Waals surface area contributed by atoms with Crippen molar-refractivity contribution < 1.29 is 24.2 Å². The molecule has 0 saturated carbocycles. The first kappa shape index (κ1) is 16.8. The lowest BCUT2D eigenvalue weighted by Gasteiger charge is -2.18. The van der Waals surface area contributed by atoms with E-state index in [1.54, 1.807) is 26.0 Å². The van der Waals surface area contributed by atoms with Gasteiger partial charge in [-0.1, -0.05) is 13.0 Å². The molecular formula is C15H21NO5. The largest absolute Gasteiger partial charge is 0.490 e. The van der Waals surface area contributed by atoms with Gasteiger partial charge >= 0.3 is 5.97 Å². The van der Waals surface area contributed by atoms with E-state index in [-0.39, 0.29) is 17.2 Å². The number of amides is 1. The van der Waals surface area contributed by atoms with Crippen LogP contribution in [0.4, 0.5) is 0 Å². The Kier molecular flexibility index (Phi) is 6.52. The molecule has 0 aliphatic carbocycles. The standard InChI is InChI=1S/C15H21NO5/c1-4-9-16-14(17)10(3)21-13-11(15(18)19)7-6-8-12(13)20-5-2/h6-8,10H,4-5,9H2,1-3H3,(H,16,17)(H,18,19). The molecule has 21 heavy (non-hydrogen) atoms. The third-order valence-electron chi connectivity index (χ3n) is 2.72. The van der Waals surface area contributed by atoms with Crippen molar-refractivity contribution in [3.05, 3.63) is 23.8 Å². The van der Waals surface area contributed by atoms with Crippen LogP contribution in [0.1, 0.15) is 37.6 Å². The van der Waals surface area contributed by atoms with Crippen molar-refractivity contribution in [3.8, 4) is 11.5 Å². The highest BCUT2D eigenvalue weighted by atomic mass is 16.5. The number of aromatic carboxylic acids is 1. The number of para-hydroxylation sites is 1. The summed E-state index contributed by atoms with van der Waals surface area (Å²) in [5.41, 5.74) is -0.0314. The van der Waals surface area contributed by atoms with Crippen LogP contribution in [0.2, 0.25) is 0 Å². The molecule has 1 aromatic rings. The molecule has 0 aliphatic rings. The summed E-state index contributed by atoms with van der Waals surface area (Å²) in [6.45, 7) is 6.22. The van der Waals surface area contributed by atoms with Crippen LogP contribution in [0.25, 0.3) is 0 Å². The molecule has 2 N–H and O–H groups in total. The minimum Gasteiger partial charge on any atom is -0.490 e. The average molecular weight is 295 g/mol. The van der Waals surface area contributed by atoms with Gasteiger partial charge < -0.3 is 19.9 Å². The van der Waals surface area contributed by atoms with E-state index in [0.717, 1.165) is 6.42 Å². The first-order valence-electron chi connectivity index (χ1n) is 6.94. The van der Waals surface area contributed by atoms with Gasteiger partial charge in [0.05, 0.1) is 6.61 Å². The summed E-state index contributed by atoms with van der Waals surface area (Å²) in [4.78, 5) is 23.1. The van der Waals surface area contributed by atoms with E-state index in [0.29, 0.717) is 18.9 Å². The van der Waals surface area contributed by atoms with Gasteiger partial charge in [0.1, 0.15) is 5.56 Å². The second-order valence-electron chi connectivity index (χ2n) is 4.42. The molecule has 1 amide bonds. The second-order valence-corrected chi connectivity index (χ2v) is 4.42. The van der Waals surface area contributed by atoms with Gasteiger partial charge in [0.25, 0.3) is 5.91 Å². The van der Waals surface area contributed by atoms with Crippen LogP contribution in [0.15, 0.2) is 18.2 Å². The molecule has 1 atom stereocenters. The van der Waals surface area contributed by atoms with Crippen molar-refractivity contribution in [2.45, 2.75) is 33.3 Å². The van der Waals surface area contributed by atoms with Gasteiger partial charge in [-0.2, -0.15) is 0 Å². The van der Waals surface area contributed by atoms with Gasteiger partial charge in [-0.05, 0) is 32.4 Å². The van der Waals surface area contributed by atoms with Crippen molar-refractivity contribution >= 4 is 11.9 Å². The fourth-order valence-corrected chi connectivity index (χ4v) is 1.70. The molecule has 0 fully saturated rings. The lowest BCUT2D eigenvalue weighted by molar-refractivity contribution is -0.127. The quantitative estimate of drug-likeness (QED) is 0.767. The number of carboxylic acid groups (broad SMARTS) is 1. The van der Waals surface area contributed by atoms with Crippen LogP contribution in [0.5, 0.6) is 11.5 Å². The average Bonchev–Trinajstić information content (AvgIpc) is 2.46. The number of ether oxygens (including phenoxy) is 2. The number of carbonyl (C=O) groups is 2. The first-order chi connectivity index (χ1) is 10.0. The molecule has 6 heteroatoms. The summed E-state index contributed by atoms with van der Waals surface area (Å²) in [5.74, 6) is -1.04. The minimum absolute atomic E-state index is 0.0314. The maximum absolute atomic E-state index is 11.8. The van der Waals surface area contributed by atoms with Crippen molar-refractivity contribution in [1.82, 2.24) is 5.32 Å². The van der Waals surface area contributed by atoms with Crippen LogP contribution < -0.4 is 14.8 Å². The molecule has 0 heterocycles. The summed E-state index contributed by atoms with van der Waals surface area (Å²) in [6, 6.07) is 4.60. The van der Waals surface area contributed by atoms with E-state index in [9.17, 15) is 14.7 Å². The second kappa shape index (κ2) is 8.14. The van der Waals surface area contributed by atoms with Gasteiger partial charge in [0.15, 0.2) is 17.6 Å². The predicted octanol–water partition coefficient (Wildman–Crippen LogP) is 2.08. The highest BCUT2D eigenvalue weighted by Gasteiger charge is 2.22. The number of hydrogen-bond donors (Lipinski definition) is 2. The van der Waals surface area contributed by atoms with E-state index < -0.39 is 12.1 Å². The number of rotatable bonds is 8. The summed E-state index contributed by atoms with van der Waals surface area (Å²) in [5, 5.41) is 11.9. The van der Waals surface area contributed by atoms with E-state index >= 15 is 0 Å². The number of carboxylic acids is 1. The van der Waals surface area contributed by atoms with Crippen molar-refractivity contribution in [2.24, 2.45) is 0 Å². The monoisotopic (exact) mass is 295 g/mol. The predicted molar refractivity (Wildman–Crippen MR) is 78.0 cm³/mol. The van der Waals surface area contributed by atoms with Crippen molar-refractivity contribution in [2.75, 3.05) is 13.2 Å². The summed E-state index contributed by atoms with van der Waals surface area (Å²) in [7, 11) is 0. The number of carbonyl (C=O) groups excluding carboxylic acids is 1. The summed E-state index contributed by atoms with van der Waals surface area (Å²) in [6.07, 6.45) is 0.00484. The Hall–Kier alpha value is -2.24. The molecule has 0 radical (unpaired) electrons. The molecule has 6 nitrogen and oxygen atoms in total. The van der Waals surface area contributed by atoms with E-state index in [1.165, 1.54) is 6.07 Å². The molecule has 0 aromatic heterocycles. The zero-order valence-corrected chi connectivity index (χ0v) is 12.5. The highest BCUT2D eigenvalue weighted by Crippen LogP contribution is 2.32. The van der Waals surface area contributed by atoms with E-state index in [2.05, 4.69) is 5.32 Å². The fourth-order valence-electron chi connectivity index (χ4n) is 1.70. The molecule has 0 saturated heterocycles. The third-order valence-corrected chi connectivity index (χ3v) is 2.72. The first-order valence-corrected chi connectivity index (χ1v) is 6.94. The van der Waals surface area contributed by atoms with Gasteiger partial charge in [0, 0.05) is 6.54 Å². The molecule has 0 aliphatic heterocycles. The Morgan fingerprint density at radius 1 is 1.33 bits per heavy atom. The number of nitrogens with one attached hydrogen (secondary N) is 1. The number of benzene rings is 1. The van der Waals surface area contributed by atoms with Crippen LogP contribution in [-0.2, 0) is 4.79 Å². The Morgan fingerprint density at radius 3 is 2.62 bits per heavy atom. The zero-order chi connectivity index (χ0) is 15.8. The Morgan fingerprint density at radius 2 is 2.05 bits per heavy atom. The minimum atomic E-state index is -1.13. The van der Waals surface area contributed by atoms with Crippen LogP contribution in [-0.4, -0.2) is 36.2 Å². The van der Waals surface area contributed by atoms with Gasteiger partial charge in [-0.3, -0.25) is 4.79 Å². The Bertz CT molecular complexity index is 501. The third kappa shape index (κ3) is 4.66. The van der Waals surface area contributed by atoms with Crippen LogP contribution in [0, 0.1) is 0 Å². The fraction of sp³-hybridized carbons (Fsp3) is 0.467. The molecule has 0 spiro atoms. The van der Waals surface area contributed by atoms with Crippen LogP contribution in [0.3, 0.4) is 0 Å². The maximum atomic E-state index is 11.8. The lowest BCUT2D eigenvalue weighted by atomic mass is 10.2. The zero-order valence-electron chi connectivity index (χ0n) is 12.5. The molecule has 116 valence electrons. The Balaban J connectivity index is 2.98. The molecule has 1 rings (SSSR count). The van der Waals surface area contributed by atoms with Gasteiger partial charge in [-0.25, -0.2) is 4.79 Å². The number of hydrogen-bond acceptors (Lipinski definition) is 4. The lowest BCUT2D eigenvalue weighted by Crippen LogP contribution is -2.37. The summed E-state index contributed by atoms with van der Waals surface area (Å²) < 4.78 is 10.9. The van der Waals surface area contributed by atoms with E-state index in [1.807, 2.05) is 6.92 Å². The molecule has 0 bridgehead atoms. The SMILES string of the molecule is CCCNC(=O)C(C)Oc1c(OCC)cccc1C(=O)O. The summed E-state index contributed by atoms with van der Waals surface area (Å²) >= 11 is 0.